The summed E-state index contributed by atoms with van der Waals surface area (Å²) < 4.78 is 5.41. The molecule has 0 aromatic rings. The molecule has 2 fully saturated rings. The molecule has 0 saturated carbocycles. The first-order valence-electron chi connectivity index (χ1n) is 7.42. The SMILES string of the molecule is CCC1CCCCCN1C(=O)CC1COCCN1.Cl. The minimum absolute atomic E-state index is 0. The van der Waals surface area contributed by atoms with Crippen LogP contribution in [0.3, 0.4) is 0 Å². The predicted molar refractivity (Wildman–Crippen MR) is 78.7 cm³/mol. The quantitative estimate of drug-likeness (QED) is 0.864. The number of halogens is 1. The summed E-state index contributed by atoms with van der Waals surface area (Å²) in [6.45, 7) is 5.46. The van der Waals surface area contributed by atoms with Gasteiger partial charge < -0.3 is 15.0 Å². The molecule has 1 N–H and O–H groups in total. The van der Waals surface area contributed by atoms with Crippen molar-refractivity contribution >= 4 is 18.3 Å². The third-order valence-corrected chi connectivity index (χ3v) is 4.09. The Morgan fingerprint density at radius 1 is 1.37 bits per heavy atom. The average molecular weight is 291 g/mol. The van der Waals surface area contributed by atoms with Gasteiger partial charge in [0.15, 0.2) is 0 Å². The number of nitrogens with one attached hydrogen (secondary N) is 1. The molecule has 2 aliphatic rings. The van der Waals surface area contributed by atoms with Gasteiger partial charge in [0, 0.05) is 31.6 Å². The van der Waals surface area contributed by atoms with Crippen molar-refractivity contribution in [2.75, 3.05) is 26.3 Å². The van der Waals surface area contributed by atoms with E-state index in [-0.39, 0.29) is 18.4 Å². The molecule has 2 saturated heterocycles. The molecule has 2 rings (SSSR count). The Balaban J connectivity index is 0.00000180. The van der Waals surface area contributed by atoms with Crippen molar-refractivity contribution in [1.29, 1.82) is 0 Å². The smallest absolute Gasteiger partial charge is 0.224 e. The van der Waals surface area contributed by atoms with Crippen LogP contribution in [0.25, 0.3) is 0 Å². The molecule has 2 unspecified atom stereocenters. The number of carbonyl (C=O) groups is 1. The van der Waals surface area contributed by atoms with E-state index in [4.69, 9.17) is 4.74 Å². The van der Waals surface area contributed by atoms with Crippen LogP contribution in [0.1, 0.15) is 45.4 Å². The van der Waals surface area contributed by atoms with Crippen molar-refractivity contribution in [3.63, 3.8) is 0 Å². The first kappa shape index (κ1) is 16.7. The fourth-order valence-electron chi connectivity index (χ4n) is 3.01. The summed E-state index contributed by atoms with van der Waals surface area (Å²) in [6, 6.07) is 0.677. The number of morpholine rings is 1. The van der Waals surface area contributed by atoms with Crippen molar-refractivity contribution < 1.29 is 9.53 Å². The number of likely N-dealkylation sites (tertiary alicyclic amines) is 1. The van der Waals surface area contributed by atoms with Gasteiger partial charge in [-0.15, -0.1) is 12.4 Å². The highest BCUT2D eigenvalue weighted by Gasteiger charge is 2.26. The van der Waals surface area contributed by atoms with Gasteiger partial charge in [-0.25, -0.2) is 0 Å². The first-order chi connectivity index (χ1) is 8.81. The summed E-state index contributed by atoms with van der Waals surface area (Å²) in [6.07, 6.45) is 6.56. The Hall–Kier alpha value is -0.320. The minimum atomic E-state index is 0. The maximum atomic E-state index is 12.4. The van der Waals surface area contributed by atoms with Crippen molar-refractivity contribution in [2.24, 2.45) is 0 Å². The zero-order chi connectivity index (χ0) is 12.8. The van der Waals surface area contributed by atoms with Crippen LogP contribution in [0.5, 0.6) is 0 Å². The number of nitrogens with zero attached hydrogens (tertiary/aromatic N) is 1. The number of ether oxygens (including phenoxy) is 1. The summed E-state index contributed by atoms with van der Waals surface area (Å²) in [5.74, 6) is 0.312. The van der Waals surface area contributed by atoms with E-state index >= 15 is 0 Å². The summed E-state index contributed by atoms with van der Waals surface area (Å²) in [5.41, 5.74) is 0. The highest BCUT2D eigenvalue weighted by molar-refractivity contribution is 5.85. The number of hydrogen-bond acceptors (Lipinski definition) is 3. The molecule has 1 amide bonds. The average Bonchev–Trinajstić information content (AvgIpc) is 2.64. The van der Waals surface area contributed by atoms with Gasteiger partial charge in [0.1, 0.15) is 0 Å². The number of carbonyl (C=O) groups excluding carboxylic acids is 1. The molecule has 19 heavy (non-hydrogen) atoms. The second-order valence-corrected chi connectivity index (χ2v) is 5.43. The van der Waals surface area contributed by atoms with Gasteiger partial charge in [-0.05, 0) is 19.3 Å². The number of amides is 1. The molecule has 5 heteroatoms. The lowest BCUT2D eigenvalue weighted by Crippen LogP contribution is -2.47. The molecule has 2 aliphatic heterocycles. The summed E-state index contributed by atoms with van der Waals surface area (Å²) in [7, 11) is 0. The van der Waals surface area contributed by atoms with Crippen LogP contribution >= 0.6 is 12.4 Å². The van der Waals surface area contributed by atoms with E-state index in [1.807, 2.05) is 0 Å². The van der Waals surface area contributed by atoms with Gasteiger partial charge in [0.2, 0.25) is 5.91 Å². The van der Waals surface area contributed by atoms with Crippen molar-refractivity contribution in [2.45, 2.75) is 57.5 Å². The lowest BCUT2D eigenvalue weighted by atomic mass is 10.1. The van der Waals surface area contributed by atoms with E-state index in [0.717, 1.165) is 32.5 Å². The normalized spacial score (nSPS) is 28.4. The number of rotatable bonds is 3. The lowest BCUT2D eigenvalue weighted by molar-refractivity contribution is -0.134. The monoisotopic (exact) mass is 290 g/mol. The van der Waals surface area contributed by atoms with Gasteiger partial charge in [-0.1, -0.05) is 19.8 Å². The van der Waals surface area contributed by atoms with Crippen molar-refractivity contribution in [3.05, 3.63) is 0 Å². The Bertz CT molecular complexity index is 270. The van der Waals surface area contributed by atoms with Gasteiger partial charge in [0.05, 0.1) is 13.2 Å². The zero-order valence-electron chi connectivity index (χ0n) is 11.9. The van der Waals surface area contributed by atoms with Gasteiger partial charge in [0.25, 0.3) is 0 Å². The first-order valence-corrected chi connectivity index (χ1v) is 7.42. The molecule has 0 aromatic heterocycles. The fraction of sp³-hybridized carbons (Fsp3) is 0.929. The second-order valence-electron chi connectivity index (χ2n) is 5.43. The topological polar surface area (TPSA) is 41.6 Å². The fourth-order valence-corrected chi connectivity index (χ4v) is 3.01. The van der Waals surface area contributed by atoms with Crippen LogP contribution in [0.4, 0.5) is 0 Å². The van der Waals surface area contributed by atoms with Gasteiger partial charge >= 0.3 is 0 Å². The molecule has 0 spiro atoms. The Morgan fingerprint density at radius 2 is 2.21 bits per heavy atom. The third-order valence-electron chi connectivity index (χ3n) is 4.09. The summed E-state index contributed by atoms with van der Waals surface area (Å²) in [4.78, 5) is 14.5. The van der Waals surface area contributed by atoms with Crippen LogP contribution in [0.15, 0.2) is 0 Å². The van der Waals surface area contributed by atoms with E-state index in [1.54, 1.807) is 0 Å². The molecule has 2 heterocycles. The summed E-state index contributed by atoms with van der Waals surface area (Å²) in [5, 5.41) is 3.37. The van der Waals surface area contributed by atoms with Crippen LogP contribution < -0.4 is 5.32 Å². The van der Waals surface area contributed by atoms with Crippen LogP contribution in [-0.2, 0) is 9.53 Å². The highest BCUT2D eigenvalue weighted by Crippen LogP contribution is 2.20. The third kappa shape index (κ3) is 4.93. The van der Waals surface area contributed by atoms with Crippen LogP contribution in [0.2, 0.25) is 0 Å². The predicted octanol–water partition coefficient (Wildman–Crippen LogP) is 1.97. The van der Waals surface area contributed by atoms with E-state index in [2.05, 4.69) is 17.1 Å². The maximum Gasteiger partial charge on any atom is 0.224 e. The lowest BCUT2D eigenvalue weighted by Gasteiger charge is -2.32. The van der Waals surface area contributed by atoms with Crippen molar-refractivity contribution in [3.8, 4) is 0 Å². The van der Waals surface area contributed by atoms with E-state index in [0.29, 0.717) is 25.0 Å². The molecule has 4 nitrogen and oxygen atoms in total. The molecule has 0 bridgehead atoms. The largest absolute Gasteiger partial charge is 0.378 e. The standard InChI is InChI=1S/C14H26N2O2.ClH/c1-2-13-6-4-3-5-8-16(13)14(17)10-12-11-18-9-7-15-12;/h12-13,15H,2-11H2,1H3;1H. The van der Waals surface area contributed by atoms with Gasteiger partial charge in [-0.2, -0.15) is 0 Å². The molecular formula is C14H27ClN2O2. The van der Waals surface area contributed by atoms with E-state index in [9.17, 15) is 4.79 Å². The number of hydrogen-bond donors (Lipinski definition) is 1. The highest BCUT2D eigenvalue weighted by atomic mass is 35.5. The van der Waals surface area contributed by atoms with E-state index in [1.165, 1.54) is 19.3 Å². The summed E-state index contributed by atoms with van der Waals surface area (Å²) >= 11 is 0. The molecule has 0 aliphatic carbocycles. The molecule has 2 atom stereocenters. The van der Waals surface area contributed by atoms with Crippen LogP contribution in [0, 0.1) is 0 Å². The Labute approximate surface area is 122 Å². The molecular weight excluding hydrogens is 264 g/mol. The van der Waals surface area contributed by atoms with Crippen molar-refractivity contribution in [1.82, 2.24) is 10.2 Å². The molecule has 0 radical (unpaired) electrons. The van der Waals surface area contributed by atoms with E-state index < -0.39 is 0 Å². The Kier molecular flexibility index (Phi) is 7.73. The zero-order valence-corrected chi connectivity index (χ0v) is 12.7. The maximum absolute atomic E-state index is 12.4. The molecule has 112 valence electrons. The minimum Gasteiger partial charge on any atom is -0.378 e. The second kappa shape index (κ2) is 8.77. The van der Waals surface area contributed by atoms with Gasteiger partial charge in [-0.3, -0.25) is 4.79 Å². The Morgan fingerprint density at radius 3 is 2.89 bits per heavy atom. The molecule has 0 aromatic carbocycles. The van der Waals surface area contributed by atoms with Crippen LogP contribution in [-0.4, -0.2) is 49.2 Å².